The number of aryl methyl sites for hydroxylation is 1. The minimum Gasteiger partial charge on any atom is -0.341 e. The van der Waals surface area contributed by atoms with E-state index < -0.39 is 0 Å². The quantitative estimate of drug-likeness (QED) is 0.752. The summed E-state index contributed by atoms with van der Waals surface area (Å²) in [5.74, 6) is 0.883. The number of rotatable bonds is 4. The average molecular weight is 390 g/mol. The first-order chi connectivity index (χ1) is 12.5. The molecule has 0 atom stereocenters. The fourth-order valence-corrected chi connectivity index (χ4v) is 4.66. The predicted molar refractivity (Wildman–Crippen MR) is 106 cm³/mol. The topological polar surface area (TPSA) is 53.5 Å². The highest BCUT2D eigenvalue weighted by Gasteiger charge is 2.23. The second kappa shape index (κ2) is 8.68. The first-order valence-corrected chi connectivity index (χ1v) is 10.6. The van der Waals surface area contributed by atoms with Crippen molar-refractivity contribution < 1.29 is 9.59 Å². The summed E-state index contributed by atoms with van der Waals surface area (Å²) in [7, 11) is 0. The minimum absolute atomic E-state index is 0.0490. The van der Waals surface area contributed by atoms with Crippen LogP contribution in [0.5, 0.6) is 0 Å². The molecule has 1 aromatic heterocycles. The normalized spacial score (nSPS) is 15.0. The van der Waals surface area contributed by atoms with Crippen molar-refractivity contribution in [2.45, 2.75) is 30.9 Å². The number of thiazole rings is 1. The molecular formula is C19H23N3O2S2. The fourth-order valence-electron chi connectivity index (χ4n) is 3.00. The van der Waals surface area contributed by atoms with Crippen LogP contribution in [0.15, 0.2) is 34.5 Å². The third-order valence-corrected chi connectivity index (χ3v) is 6.32. The van der Waals surface area contributed by atoms with Gasteiger partial charge >= 0.3 is 0 Å². The smallest absolute Gasteiger partial charge is 0.255 e. The number of hydrogen-bond acceptors (Lipinski definition) is 5. The van der Waals surface area contributed by atoms with Crippen molar-refractivity contribution in [1.29, 1.82) is 0 Å². The SMILES string of the molecule is CC(=O)N1CCCN(C(=O)c2ccccc2SCc2csc(C)n2)CC1. The predicted octanol–water partition coefficient (Wildman–Crippen LogP) is 3.44. The van der Waals surface area contributed by atoms with Crippen molar-refractivity contribution in [3.05, 3.63) is 45.9 Å². The summed E-state index contributed by atoms with van der Waals surface area (Å²) in [6.45, 7) is 6.19. The number of benzene rings is 1. The number of carbonyl (C=O) groups excluding carboxylic acids is 2. The first kappa shape index (κ1) is 18.9. The number of carbonyl (C=O) groups is 2. The lowest BCUT2D eigenvalue weighted by Crippen LogP contribution is -2.36. The molecule has 26 heavy (non-hydrogen) atoms. The zero-order valence-electron chi connectivity index (χ0n) is 15.1. The lowest BCUT2D eigenvalue weighted by atomic mass is 10.2. The third kappa shape index (κ3) is 4.65. The van der Waals surface area contributed by atoms with Crippen LogP contribution in [-0.4, -0.2) is 52.8 Å². The summed E-state index contributed by atoms with van der Waals surface area (Å²) < 4.78 is 0. The highest BCUT2D eigenvalue weighted by Crippen LogP contribution is 2.28. The molecule has 0 aliphatic carbocycles. The second-order valence-corrected chi connectivity index (χ2v) is 8.37. The van der Waals surface area contributed by atoms with Crippen LogP contribution in [0, 0.1) is 6.92 Å². The Morgan fingerprint density at radius 3 is 2.62 bits per heavy atom. The number of nitrogens with zero attached hydrogens (tertiary/aromatic N) is 3. The van der Waals surface area contributed by atoms with Crippen molar-refractivity contribution in [2.75, 3.05) is 26.2 Å². The highest BCUT2D eigenvalue weighted by atomic mass is 32.2. The molecule has 138 valence electrons. The zero-order valence-corrected chi connectivity index (χ0v) is 16.7. The van der Waals surface area contributed by atoms with Crippen molar-refractivity contribution >= 4 is 34.9 Å². The van der Waals surface area contributed by atoms with Crippen LogP contribution < -0.4 is 0 Å². The lowest BCUT2D eigenvalue weighted by Gasteiger charge is -2.22. The van der Waals surface area contributed by atoms with E-state index in [-0.39, 0.29) is 11.8 Å². The summed E-state index contributed by atoms with van der Waals surface area (Å²) >= 11 is 3.29. The molecule has 1 aliphatic heterocycles. The molecule has 1 fully saturated rings. The van der Waals surface area contributed by atoms with Gasteiger partial charge in [-0.15, -0.1) is 23.1 Å². The lowest BCUT2D eigenvalue weighted by molar-refractivity contribution is -0.128. The molecule has 0 unspecified atom stereocenters. The molecule has 1 saturated heterocycles. The van der Waals surface area contributed by atoms with Gasteiger partial charge in [0.25, 0.3) is 5.91 Å². The van der Waals surface area contributed by atoms with Crippen molar-refractivity contribution in [3.8, 4) is 0 Å². The van der Waals surface area contributed by atoms with Gasteiger partial charge in [-0.2, -0.15) is 0 Å². The van der Waals surface area contributed by atoms with Gasteiger partial charge in [0.1, 0.15) is 0 Å². The van der Waals surface area contributed by atoms with E-state index in [1.807, 2.05) is 41.0 Å². The van der Waals surface area contributed by atoms with Gasteiger partial charge in [-0.25, -0.2) is 4.98 Å². The fraction of sp³-hybridized carbons (Fsp3) is 0.421. The van der Waals surface area contributed by atoms with E-state index in [1.54, 1.807) is 30.0 Å². The maximum atomic E-state index is 13.1. The Morgan fingerprint density at radius 1 is 1.15 bits per heavy atom. The van der Waals surface area contributed by atoms with Gasteiger partial charge in [0, 0.05) is 49.1 Å². The van der Waals surface area contributed by atoms with Crippen LogP contribution in [0.3, 0.4) is 0 Å². The van der Waals surface area contributed by atoms with Crippen molar-refractivity contribution in [2.24, 2.45) is 0 Å². The Morgan fingerprint density at radius 2 is 1.88 bits per heavy atom. The van der Waals surface area contributed by atoms with E-state index in [4.69, 9.17) is 0 Å². The summed E-state index contributed by atoms with van der Waals surface area (Å²) in [5, 5.41) is 3.13. The third-order valence-electron chi connectivity index (χ3n) is 4.39. The Balaban J connectivity index is 1.70. The van der Waals surface area contributed by atoms with Gasteiger partial charge in [-0.1, -0.05) is 12.1 Å². The Labute approximate surface area is 162 Å². The van der Waals surface area contributed by atoms with Crippen LogP contribution in [0.4, 0.5) is 0 Å². The van der Waals surface area contributed by atoms with E-state index in [9.17, 15) is 9.59 Å². The standard InChI is InChI=1S/C19H23N3O2S2/c1-14-20-16(12-25-14)13-26-18-7-4-3-6-17(18)19(24)22-9-5-8-21(10-11-22)15(2)23/h3-4,6-7,12H,5,8-11,13H2,1-2H3. The number of aromatic nitrogens is 1. The van der Waals surface area contributed by atoms with Crippen molar-refractivity contribution in [1.82, 2.24) is 14.8 Å². The van der Waals surface area contributed by atoms with Crippen LogP contribution in [0.2, 0.25) is 0 Å². The molecule has 2 heterocycles. The molecule has 1 aliphatic rings. The molecule has 2 aromatic rings. The largest absolute Gasteiger partial charge is 0.341 e. The number of amides is 2. The average Bonchev–Trinajstić information content (AvgIpc) is 2.90. The van der Waals surface area contributed by atoms with E-state index in [2.05, 4.69) is 10.4 Å². The Hall–Kier alpha value is -1.86. The van der Waals surface area contributed by atoms with E-state index >= 15 is 0 Å². The molecule has 0 spiro atoms. The summed E-state index contributed by atoms with van der Waals surface area (Å²) in [6.07, 6.45) is 0.818. The van der Waals surface area contributed by atoms with E-state index in [1.165, 1.54) is 0 Å². The maximum Gasteiger partial charge on any atom is 0.255 e. The summed E-state index contributed by atoms with van der Waals surface area (Å²) in [5.41, 5.74) is 1.78. The van der Waals surface area contributed by atoms with Crippen LogP contribution >= 0.6 is 23.1 Å². The van der Waals surface area contributed by atoms with Gasteiger partial charge in [-0.05, 0) is 25.5 Å². The first-order valence-electron chi connectivity index (χ1n) is 8.72. The van der Waals surface area contributed by atoms with Crippen LogP contribution in [0.25, 0.3) is 0 Å². The molecule has 0 saturated carbocycles. The molecule has 2 amide bonds. The second-order valence-electron chi connectivity index (χ2n) is 6.29. The summed E-state index contributed by atoms with van der Waals surface area (Å²) in [6, 6.07) is 7.76. The summed E-state index contributed by atoms with van der Waals surface area (Å²) in [4.78, 5) is 33.8. The van der Waals surface area contributed by atoms with E-state index in [0.717, 1.165) is 39.9 Å². The molecule has 0 bridgehead atoms. The molecule has 0 N–H and O–H groups in total. The van der Waals surface area contributed by atoms with Crippen LogP contribution in [-0.2, 0) is 10.5 Å². The molecule has 3 rings (SSSR count). The number of thioether (sulfide) groups is 1. The van der Waals surface area contributed by atoms with Crippen molar-refractivity contribution in [3.63, 3.8) is 0 Å². The van der Waals surface area contributed by atoms with Gasteiger partial charge in [0.15, 0.2) is 0 Å². The maximum absolute atomic E-state index is 13.1. The molecule has 0 radical (unpaired) electrons. The van der Waals surface area contributed by atoms with Gasteiger partial charge in [-0.3, -0.25) is 9.59 Å². The van der Waals surface area contributed by atoms with Gasteiger partial charge < -0.3 is 9.80 Å². The van der Waals surface area contributed by atoms with Crippen LogP contribution in [0.1, 0.15) is 34.4 Å². The van der Waals surface area contributed by atoms with Gasteiger partial charge in [0.2, 0.25) is 5.91 Å². The van der Waals surface area contributed by atoms with Gasteiger partial charge in [0.05, 0.1) is 16.3 Å². The minimum atomic E-state index is 0.0490. The molecule has 7 heteroatoms. The zero-order chi connectivity index (χ0) is 18.5. The highest BCUT2D eigenvalue weighted by molar-refractivity contribution is 7.98. The number of hydrogen-bond donors (Lipinski definition) is 0. The Kier molecular flexibility index (Phi) is 6.32. The molecular weight excluding hydrogens is 366 g/mol. The molecule has 1 aromatic carbocycles. The van der Waals surface area contributed by atoms with E-state index in [0.29, 0.717) is 19.6 Å². The Bertz CT molecular complexity index is 791. The molecule has 5 nitrogen and oxygen atoms in total. The monoisotopic (exact) mass is 389 g/mol.